The molecule has 0 bridgehead atoms. The van der Waals surface area contributed by atoms with Crippen molar-refractivity contribution < 1.29 is 28.5 Å². The molecule has 0 atom stereocenters. The summed E-state index contributed by atoms with van der Waals surface area (Å²) in [4.78, 5) is 24.9. The summed E-state index contributed by atoms with van der Waals surface area (Å²) in [7, 11) is 3.07. The molecule has 3 heterocycles. The van der Waals surface area contributed by atoms with E-state index in [1.807, 2.05) is 45.0 Å². The summed E-state index contributed by atoms with van der Waals surface area (Å²) in [5, 5.41) is 7.50. The largest absolute Gasteiger partial charge is 0.496 e. The van der Waals surface area contributed by atoms with E-state index in [0.717, 1.165) is 5.56 Å². The fourth-order valence-corrected chi connectivity index (χ4v) is 4.53. The fourth-order valence-electron chi connectivity index (χ4n) is 4.53. The van der Waals surface area contributed by atoms with E-state index in [0.29, 0.717) is 63.0 Å². The number of rotatable bonds is 5. The van der Waals surface area contributed by atoms with Crippen LogP contribution >= 0.6 is 0 Å². The molecule has 0 aliphatic carbocycles. The number of carbonyl (C=O) groups is 2. The lowest BCUT2D eigenvalue weighted by molar-refractivity contribution is 0.102. The van der Waals surface area contributed by atoms with Crippen LogP contribution in [0, 0.1) is 6.92 Å². The third-order valence-corrected chi connectivity index (χ3v) is 6.34. The van der Waals surface area contributed by atoms with E-state index in [-0.39, 0.29) is 25.0 Å². The van der Waals surface area contributed by atoms with Crippen LogP contribution in [0.5, 0.6) is 23.0 Å². The maximum Gasteiger partial charge on any atom is 0.256 e. The molecule has 2 aliphatic heterocycles. The highest BCUT2D eigenvalue weighted by Gasteiger charge is 2.28. The average molecular weight is 545 g/mol. The lowest BCUT2D eigenvalue weighted by Gasteiger charge is -2.21. The summed E-state index contributed by atoms with van der Waals surface area (Å²) in [5.41, 5.74) is 9.41. The van der Waals surface area contributed by atoms with Crippen molar-refractivity contribution in [1.29, 1.82) is 0 Å². The number of carbonyl (C=O) groups excluding carboxylic acids is 2. The number of aldehydes is 1. The molecular formula is C30H32N4O6. The zero-order chi connectivity index (χ0) is 28.8. The van der Waals surface area contributed by atoms with Crippen LogP contribution in [0.15, 0.2) is 54.6 Å². The Bertz CT molecular complexity index is 1550. The number of anilines is 1. The third-order valence-electron chi connectivity index (χ3n) is 6.34. The molecule has 0 saturated heterocycles. The molecule has 0 radical (unpaired) electrons. The molecule has 10 nitrogen and oxygen atoms in total. The molecule has 0 fully saturated rings. The first-order valence-corrected chi connectivity index (χ1v) is 12.8. The Labute approximate surface area is 232 Å². The summed E-state index contributed by atoms with van der Waals surface area (Å²) in [5.74, 6) is 2.25. The van der Waals surface area contributed by atoms with Crippen molar-refractivity contribution in [1.82, 2.24) is 9.78 Å². The van der Waals surface area contributed by atoms with E-state index >= 15 is 0 Å². The molecule has 3 aromatic carbocycles. The van der Waals surface area contributed by atoms with Crippen molar-refractivity contribution >= 4 is 17.9 Å². The summed E-state index contributed by atoms with van der Waals surface area (Å²) in [6, 6.07) is 16.2. The number of hydrogen-bond acceptors (Lipinski definition) is 8. The van der Waals surface area contributed by atoms with Gasteiger partial charge in [-0.2, -0.15) is 5.10 Å². The summed E-state index contributed by atoms with van der Waals surface area (Å²) < 4.78 is 23.9. The quantitative estimate of drug-likeness (QED) is 0.331. The zero-order valence-corrected chi connectivity index (χ0v) is 23.1. The number of ether oxygens (including phenoxy) is 4. The minimum absolute atomic E-state index is 0.155. The smallest absolute Gasteiger partial charge is 0.256 e. The summed E-state index contributed by atoms with van der Waals surface area (Å²) >= 11 is 0. The second-order valence-electron chi connectivity index (χ2n) is 8.37. The van der Waals surface area contributed by atoms with Gasteiger partial charge in [0.05, 0.1) is 18.5 Å². The van der Waals surface area contributed by atoms with Gasteiger partial charge in [-0.25, -0.2) is 4.68 Å². The van der Waals surface area contributed by atoms with Crippen molar-refractivity contribution in [3.8, 4) is 39.9 Å². The molecule has 6 rings (SSSR count). The van der Waals surface area contributed by atoms with Crippen LogP contribution in [0.4, 0.5) is 5.69 Å². The number of benzene rings is 3. The predicted molar refractivity (Wildman–Crippen MR) is 152 cm³/mol. The van der Waals surface area contributed by atoms with Gasteiger partial charge in [-0.3, -0.25) is 9.59 Å². The maximum absolute atomic E-state index is 13.1. The van der Waals surface area contributed by atoms with Crippen LogP contribution < -0.4 is 30.0 Å². The van der Waals surface area contributed by atoms with Crippen LogP contribution in [-0.4, -0.2) is 42.9 Å². The number of nitrogens with two attached hydrogens (primary N) is 1. The molecule has 0 unspecified atom stereocenters. The van der Waals surface area contributed by atoms with Crippen LogP contribution in [0.2, 0.25) is 0 Å². The topological polar surface area (TPSA) is 127 Å². The van der Waals surface area contributed by atoms with E-state index in [2.05, 4.69) is 16.1 Å². The van der Waals surface area contributed by atoms with Gasteiger partial charge < -0.3 is 30.0 Å². The zero-order valence-electron chi connectivity index (χ0n) is 23.1. The van der Waals surface area contributed by atoms with Crippen molar-refractivity contribution in [2.45, 2.75) is 27.4 Å². The van der Waals surface area contributed by atoms with Gasteiger partial charge >= 0.3 is 0 Å². The first kappa shape index (κ1) is 28.2. The van der Waals surface area contributed by atoms with Crippen molar-refractivity contribution in [3.63, 3.8) is 0 Å². The molecule has 208 valence electrons. The lowest BCUT2D eigenvalue weighted by atomic mass is 10.0. The van der Waals surface area contributed by atoms with E-state index in [9.17, 15) is 9.59 Å². The molecule has 0 saturated carbocycles. The second kappa shape index (κ2) is 12.4. The number of nitrogens with zero attached hydrogens (tertiary/aromatic N) is 2. The maximum atomic E-state index is 13.1. The van der Waals surface area contributed by atoms with Gasteiger partial charge in [-0.15, -0.1) is 0 Å². The van der Waals surface area contributed by atoms with Gasteiger partial charge in [-0.05, 0) is 56.4 Å². The summed E-state index contributed by atoms with van der Waals surface area (Å²) in [6.45, 7) is 6.20. The van der Waals surface area contributed by atoms with Crippen molar-refractivity contribution in [2.75, 3.05) is 26.3 Å². The SMILES string of the molecule is CC.CN.COc1cccc(C(=O)Nc2ccc3c(c2)-c2c(c(C=O)nn2-c2ccc4c(c2)OCO4)CO3)c1C. The van der Waals surface area contributed by atoms with Crippen LogP contribution in [0.25, 0.3) is 16.9 Å². The van der Waals surface area contributed by atoms with Gasteiger partial charge in [-0.1, -0.05) is 19.9 Å². The Kier molecular flexibility index (Phi) is 8.70. The Morgan fingerprint density at radius 1 is 1.02 bits per heavy atom. The number of aromatic nitrogens is 2. The average Bonchev–Trinajstić information content (AvgIpc) is 3.63. The molecule has 10 heteroatoms. The molecule has 1 aromatic heterocycles. The predicted octanol–water partition coefficient (Wildman–Crippen LogP) is 5.14. The monoisotopic (exact) mass is 544 g/mol. The minimum Gasteiger partial charge on any atom is -0.496 e. The number of nitrogens with one attached hydrogen (secondary N) is 1. The molecule has 40 heavy (non-hydrogen) atoms. The second-order valence-corrected chi connectivity index (χ2v) is 8.37. The van der Waals surface area contributed by atoms with Crippen molar-refractivity contribution in [2.24, 2.45) is 5.73 Å². The number of methoxy groups -OCH3 is 1. The molecular weight excluding hydrogens is 512 g/mol. The van der Waals surface area contributed by atoms with Gasteiger partial charge in [0.1, 0.15) is 23.8 Å². The first-order valence-electron chi connectivity index (χ1n) is 12.8. The Morgan fingerprint density at radius 2 is 1.77 bits per heavy atom. The first-order chi connectivity index (χ1) is 19.6. The van der Waals surface area contributed by atoms with E-state index in [1.165, 1.54) is 7.05 Å². The Morgan fingerprint density at radius 3 is 2.52 bits per heavy atom. The van der Waals surface area contributed by atoms with Crippen LogP contribution in [-0.2, 0) is 6.61 Å². The van der Waals surface area contributed by atoms with Crippen molar-refractivity contribution in [3.05, 3.63) is 77.0 Å². The number of amides is 1. The van der Waals surface area contributed by atoms with Gasteiger partial charge in [0.25, 0.3) is 5.91 Å². The highest BCUT2D eigenvalue weighted by molar-refractivity contribution is 6.06. The fraction of sp³-hybridized carbons (Fsp3) is 0.233. The lowest BCUT2D eigenvalue weighted by Crippen LogP contribution is -2.14. The van der Waals surface area contributed by atoms with E-state index in [4.69, 9.17) is 18.9 Å². The third kappa shape index (κ3) is 5.08. The number of fused-ring (bicyclic) bond motifs is 4. The summed E-state index contributed by atoms with van der Waals surface area (Å²) in [6.07, 6.45) is 0.716. The van der Waals surface area contributed by atoms with Crippen LogP contribution in [0.3, 0.4) is 0 Å². The number of hydrogen-bond donors (Lipinski definition) is 2. The molecule has 1 amide bonds. The highest BCUT2D eigenvalue weighted by Crippen LogP contribution is 2.42. The Hall–Kier alpha value is -4.83. The highest BCUT2D eigenvalue weighted by atomic mass is 16.7. The van der Waals surface area contributed by atoms with Crippen LogP contribution in [0.1, 0.15) is 45.8 Å². The van der Waals surface area contributed by atoms with Gasteiger partial charge in [0.2, 0.25) is 6.79 Å². The minimum atomic E-state index is -0.263. The molecule has 3 N–H and O–H groups in total. The van der Waals surface area contributed by atoms with E-state index in [1.54, 1.807) is 42.1 Å². The molecule has 2 aliphatic rings. The van der Waals surface area contributed by atoms with Gasteiger partial charge in [0.15, 0.2) is 17.8 Å². The van der Waals surface area contributed by atoms with Gasteiger partial charge in [0, 0.05) is 34.0 Å². The van der Waals surface area contributed by atoms with E-state index < -0.39 is 0 Å². The molecule has 4 aromatic rings. The molecule has 0 spiro atoms. The Balaban J connectivity index is 0.000000886. The normalized spacial score (nSPS) is 11.8. The standard InChI is InChI=1S/C27H21N3O6.C2H6.CH5N/c1-15-18(4-3-5-22(15)33-2)27(32)28-16-6-8-23-19(10-16)26-20(13-34-23)21(12-31)29-30(26)17-7-9-24-25(11-17)36-14-35-24;2*1-2/h3-12H,13-14H2,1-2H3,(H,28,32);1-2H3;2H2,1H3.